The van der Waals surface area contributed by atoms with Crippen molar-refractivity contribution in [2.45, 2.75) is 26.4 Å². The number of amides is 3. The highest BCUT2D eigenvalue weighted by molar-refractivity contribution is 5.99. The summed E-state index contributed by atoms with van der Waals surface area (Å²) in [6.07, 6.45) is 2.33. The molecule has 0 atom stereocenters. The molecule has 3 N–H and O–H groups in total. The molecular formula is C13H20N4O3. The van der Waals surface area contributed by atoms with Crippen molar-refractivity contribution < 1.29 is 14.3 Å². The maximum Gasteiger partial charge on any atom is 0.418 e. The van der Waals surface area contributed by atoms with E-state index in [9.17, 15) is 9.59 Å². The molecule has 1 aromatic heterocycles. The third kappa shape index (κ3) is 5.23. The summed E-state index contributed by atoms with van der Waals surface area (Å²) in [5.41, 5.74) is 5.23. The number of nitrogens with one attached hydrogen (secondary N) is 1. The molecule has 0 unspecified atom stereocenters. The Morgan fingerprint density at radius 2 is 2.15 bits per heavy atom. The summed E-state index contributed by atoms with van der Waals surface area (Å²) in [4.78, 5) is 28.8. The lowest BCUT2D eigenvalue weighted by Gasteiger charge is -2.25. The highest BCUT2D eigenvalue weighted by atomic mass is 16.6. The third-order valence-electron chi connectivity index (χ3n) is 2.12. The van der Waals surface area contributed by atoms with Crippen LogP contribution in [0.5, 0.6) is 0 Å². The zero-order chi connectivity index (χ0) is 15.2. The Morgan fingerprint density at radius 3 is 2.65 bits per heavy atom. The molecule has 1 aromatic rings. The fourth-order valence-corrected chi connectivity index (χ4v) is 1.35. The zero-order valence-corrected chi connectivity index (χ0v) is 11.9. The number of anilines is 1. The number of imide groups is 1. The number of nitrogens with two attached hydrogens (primary N) is 1. The van der Waals surface area contributed by atoms with Crippen molar-refractivity contribution in [3.05, 3.63) is 24.5 Å². The van der Waals surface area contributed by atoms with Crippen molar-refractivity contribution >= 4 is 17.8 Å². The Balaban J connectivity index is 2.74. The topological polar surface area (TPSA) is 97.5 Å². The van der Waals surface area contributed by atoms with Gasteiger partial charge in [-0.2, -0.15) is 0 Å². The van der Waals surface area contributed by atoms with Crippen molar-refractivity contribution in [3.63, 3.8) is 0 Å². The lowest BCUT2D eigenvalue weighted by Crippen LogP contribution is -2.45. The molecule has 0 aliphatic heterocycles. The minimum absolute atomic E-state index is 0.0704. The van der Waals surface area contributed by atoms with Gasteiger partial charge in [-0.05, 0) is 32.9 Å². The predicted octanol–water partition coefficient (Wildman–Crippen LogP) is 1.81. The SMILES string of the molecule is CC(C)(C)OC(=O)N(CCN)C(=O)Nc1cccnc1. The molecule has 7 nitrogen and oxygen atoms in total. The van der Waals surface area contributed by atoms with Crippen LogP contribution in [0, 0.1) is 0 Å². The Hall–Kier alpha value is -2.15. The Bertz CT molecular complexity index is 456. The maximum absolute atomic E-state index is 12.1. The molecule has 110 valence electrons. The van der Waals surface area contributed by atoms with E-state index in [-0.39, 0.29) is 13.1 Å². The minimum Gasteiger partial charge on any atom is -0.443 e. The van der Waals surface area contributed by atoms with Gasteiger partial charge in [-0.3, -0.25) is 4.98 Å². The fourth-order valence-electron chi connectivity index (χ4n) is 1.35. The van der Waals surface area contributed by atoms with E-state index in [0.29, 0.717) is 5.69 Å². The van der Waals surface area contributed by atoms with Crippen LogP contribution in [0.1, 0.15) is 20.8 Å². The molecule has 1 rings (SSSR count). The lowest BCUT2D eigenvalue weighted by molar-refractivity contribution is 0.0337. The van der Waals surface area contributed by atoms with Gasteiger partial charge in [0.1, 0.15) is 5.60 Å². The van der Waals surface area contributed by atoms with Gasteiger partial charge in [0.15, 0.2) is 0 Å². The van der Waals surface area contributed by atoms with E-state index in [1.165, 1.54) is 6.20 Å². The zero-order valence-electron chi connectivity index (χ0n) is 11.9. The molecule has 7 heteroatoms. The van der Waals surface area contributed by atoms with Gasteiger partial charge >= 0.3 is 12.1 Å². The number of carbonyl (C=O) groups excluding carboxylic acids is 2. The van der Waals surface area contributed by atoms with E-state index in [1.54, 1.807) is 39.1 Å². The standard InChI is InChI=1S/C13H20N4O3/c1-13(2,3)20-12(19)17(8-6-14)11(18)16-10-5-4-7-15-9-10/h4-5,7,9H,6,8,14H2,1-3H3,(H,16,18). The molecule has 0 saturated carbocycles. The summed E-state index contributed by atoms with van der Waals surface area (Å²) in [5, 5.41) is 2.56. The second kappa shape index (κ2) is 6.85. The average Bonchev–Trinajstić information content (AvgIpc) is 2.34. The van der Waals surface area contributed by atoms with Gasteiger partial charge in [0, 0.05) is 19.3 Å². The Morgan fingerprint density at radius 1 is 1.45 bits per heavy atom. The highest BCUT2D eigenvalue weighted by Crippen LogP contribution is 2.11. The van der Waals surface area contributed by atoms with Crippen LogP contribution in [0.15, 0.2) is 24.5 Å². The molecular weight excluding hydrogens is 260 g/mol. The summed E-state index contributed by atoms with van der Waals surface area (Å²) in [5.74, 6) is 0. The molecule has 0 spiro atoms. The maximum atomic E-state index is 12.1. The summed E-state index contributed by atoms with van der Waals surface area (Å²) < 4.78 is 5.17. The van der Waals surface area contributed by atoms with Crippen molar-refractivity contribution in [2.24, 2.45) is 5.73 Å². The molecule has 0 aromatic carbocycles. The number of hydrogen-bond donors (Lipinski definition) is 2. The van der Waals surface area contributed by atoms with Crippen molar-refractivity contribution in [1.82, 2.24) is 9.88 Å². The first-order valence-corrected chi connectivity index (χ1v) is 6.25. The number of rotatable bonds is 3. The molecule has 0 saturated heterocycles. The molecule has 0 aliphatic carbocycles. The summed E-state index contributed by atoms with van der Waals surface area (Å²) in [7, 11) is 0. The van der Waals surface area contributed by atoms with Crippen LogP contribution in [0.3, 0.4) is 0 Å². The summed E-state index contributed by atoms with van der Waals surface area (Å²) >= 11 is 0. The van der Waals surface area contributed by atoms with Crippen LogP contribution in [-0.2, 0) is 4.74 Å². The largest absolute Gasteiger partial charge is 0.443 e. The molecule has 1 heterocycles. The second-order valence-electron chi connectivity index (χ2n) is 5.09. The molecule has 0 fully saturated rings. The van der Waals surface area contributed by atoms with E-state index >= 15 is 0 Å². The number of aromatic nitrogens is 1. The average molecular weight is 280 g/mol. The smallest absolute Gasteiger partial charge is 0.418 e. The van der Waals surface area contributed by atoms with Crippen LogP contribution < -0.4 is 11.1 Å². The molecule has 0 aliphatic rings. The number of carbonyl (C=O) groups is 2. The summed E-state index contributed by atoms with van der Waals surface area (Å²) in [6, 6.07) is 2.74. The van der Waals surface area contributed by atoms with Crippen molar-refractivity contribution in [3.8, 4) is 0 Å². The number of ether oxygens (including phenoxy) is 1. The quantitative estimate of drug-likeness (QED) is 0.880. The van der Waals surface area contributed by atoms with Crippen molar-refractivity contribution in [1.29, 1.82) is 0 Å². The number of nitrogens with zero attached hydrogens (tertiary/aromatic N) is 2. The Kier molecular flexibility index (Phi) is 5.45. The lowest BCUT2D eigenvalue weighted by atomic mass is 10.2. The van der Waals surface area contributed by atoms with E-state index < -0.39 is 17.7 Å². The monoisotopic (exact) mass is 280 g/mol. The van der Waals surface area contributed by atoms with E-state index in [2.05, 4.69) is 10.3 Å². The molecule has 0 radical (unpaired) electrons. The van der Waals surface area contributed by atoms with Crippen LogP contribution in [0.25, 0.3) is 0 Å². The highest BCUT2D eigenvalue weighted by Gasteiger charge is 2.26. The van der Waals surface area contributed by atoms with Gasteiger partial charge < -0.3 is 15.8 Å². The van der Waals surface area contributed by atoms with E-state index in [4.69, 9.17) is 10.5 Å². The second-order valence-corrected chi connectivity index (χ2v) is 5.09. The first-order chi connectivity index (χ1) is 9.33. The van der Waals surface area contributed by atoms with Gasteiger partial charge in [0.25, 0.3) is 0 Å². The van der Waals surface area contributed by atoms with E-state index in [0.717, 1.165) is 4.90 Å². The number of pyridine rings is 1. The van der Waals surface area contributed by atoms with Crippen molar-refractivity contribution in [2.75, 3.05) is 18.4 Å². The first kappa shape index (κ1) is 15.9. The van der Waals surface area contributed by atoms with Crippen LogP contribution in [0.2, 0.25) is 0 Å². The normalized spacial score (nSPS) is 10.8. The van der Waals surface area contributed by atoms with Gasteiger partial charge in [0.05, 0.1) is 11.9 Å². The molecule has 20 heavy (non-hydrogen) atoms. The number of hydrogen-bond acceptors (Lipinski definition) is 5. The first-order valence-electron chi connectivity index (χ1n) is 6.25. The van der Waals surface area contributed by atoms with Crippen LogP contribution in [0.4, 0.5) is 15.3 Å². The molecule has 3 amide bonds. The Labute approximate surface area is 118 Å². The van der Waals surface area contributed by atoms with Gasteiger partial charge in [-0.1, -0.05) is 0 Å². The fraction of sp³-hybridized carbons (Fsp3) is 0.462. The minimum atomic E-state index is -0.732. The summed E-state index contributed by atoms with van der Waals surface area (Å²) in [6.45, 7) is 5.40. The van der Waals surface area contributed by atoms with Crippen LogP contribution in [-0.4, -0.2) is 40.7 Å². The number of urea groups is 1. The van der Waals surface area contributed by atoms with Gasteiger partial charge in [0.2, 0.25) is 0 Å². The molecule has 0 bridgehead atoms. The van der Waals surface area contributed by atoms with Gasteiger partial charge in [-0.25, -0.2) is 14.5 Å². The van der Waals surface area contributed by atoms with E-state index in [1.807, 2.05) is 0 Å². The third-order valence-corrected chi connectivity index (χ3v) is 2.12. The van der Waals surface area contributed by atoms with Gasteiger partial charge in [-0.15, -0.1) is 0 Å². The predicted molar refractivity (Wildman–Crippen MR) is 75.3 cm³/mol. The van der Waals surface area contributed by atoms with Crippen LogP contribution >= 0.6 is 0 Å².